The van der Waals surface area contributed by atoms with E-state index in [1.54, 1.807) is 7.11 Å². The number of methoxy groups -OCH3 is 1. The Bertz CT molecular complexity index is 146. The highest BCUT2D eigenvalue weighted by atomic mass is 16.5. The van der Waals surface area contributed by atoms with Crippen LogP contribution in [0.1, 0.15) is 26.7 Å². The summed E-state index contributed by atoms with van der Waals surface area (Å²) >= 11 is 0. The van der Waals surface area contributed by atoms with Crippen molar-refractivity contribution < 1.29 is 4.74 Å². The smallest absolute Gasteiger partial charge is 0.0589 e. The maximum absolute atomic E-state index is 5.10. The van der Waals surface area contributed by atoms with Crippen LogP contribution < -0.4 is 5.32 Å². The zero-order valence-corrected chi connectivity index (χ0v) is 9.75. The minimum atomic E-state index is 0.617. The van der Waals surface area contributed by atoms with Crippen molar-refractivity contribution in [3.05, 3.63) is 0 Å². The van der Waals surface area contributed by atoms with Crippen LogP contribution >= 0.6 is 0 Å². The van der Waals surface area contributed by atoms with E-state index in [-0.39, 0.29) is 0 Å². The monoisotopic (exact) mass is 200 g/mol. The molecule has 0 unspecified atom stereocenters. The fourth-order valence-corrected chi connectivity index (χ4v) is 1.54. The van der Waals surface area contributed by atoms with E-state index in [9.17, 15) is 0 Å². The third-order valence-electron chi connectivity index (χ3n) is 2.72. The summed E-state index contributed by atoms with van der Waals surface area (Å²) in [6, 6.07) is 1.44. The van der Waals surface area contributed by atoms with E-state index in [1.165, 1.54) is 12.8 Å². The molecule has 0 aliphatic heterocycles. The van der Waals surface area contributed by atoms with Crippen LogP contribution in [0.2, 0.25) is 0 Å². The Labute approximate surface area is 87.8 Å². The first kappa shape index (κ1) is 12.0. The molecule has 1 fully saturated rings. The van der Waals surface area contributed by atoms with Crippen LogP contribution in [-0.2, 0) is 4.74 Å². The van der Waals surface area contributed by atoms with Crippen molar-refractivity contribution in [2.24, 2.45) is 0 Å². The van der Waals surface area contributed by atoms with Gasteiger partial charge in [0.15, 0.2) is 0 Å². The molecule has 1 aliphatic rings. The van der Waals surface area contributed by atoms with Gasteiger partial charge in [0.1, 0.15) is 0 Å². The molecule has 1 N–H and O–H groups in total. The fourth-order valence-electron chi connectivity index (χ4n) is 1.54. The van der Waals surface area contributed by atoms with Gasteiger partial charge < -0.3 is 10.1 Å². The summed E-state index contributed by atoms with van der Waals surface area (Å²) in [4.78, 5) is 2.46. The highest BCUT2D eigenvalue weighted by molar-refractivity contribution is 4.81. The van der Waals surface area contributed by atoms with Crippen molar-refractivity contribution in [2.75, 3.05) is 33.4 Å². The molecule has 84 valence electrons. The van der Waals surface area contributed by atoms with Crippen molar-refractivity contribution in [3.63, 3.8) is 0 Å². The highest BCUT2D eigenvalue weighted by Gasteiger charge is 2.20. The Hall–Kier alpha value is -0.120. The van der Waals surface area contributed by atoms with Gasteiger partial charge in [0, 0.05) is 38.8 Å². The van der Waals surface area contributed by atoms with Crippen LogP contribution in [0.25, 0.3) is 0 Å². The lowest BCUT2D eigenvalue weighted by Gasteiger charge is -2.26. The molecule has 1 saturated carbocycles. The molecule has 0 atom stereocenters. The summed E-state index contributed by atoms with van der Waals surface area (Å²) in [6.07, 6.45) is 2.75. The van der Waals surface area contributed by atoms with Crippen LogP contribution in [-0.4, -0.2) is 50.3 Å². The van der Waals surface area contributed by atoms with Crippen LogP contribution in [0.4, 0.5) is 0 Å². The van der Waals surface area contributed by atoms with Crippen molar-refractivity contribution >= 4 is 0 Å². The van der Waals surface area contributed by atoms with E-state index >= 15 is 0 Å². The minimum Gasteiger partial charge on any atom is -0.383 e. The third-order valence-corrected chi connectivity index (χ3v) is 2.72. The predicted molar refractivity (Wildman–Crippen MR) is 59.6 cm³/mol. The van der Waals surface area contributed by atoms with Crippen LogP contribution in [0.15, 0.2) is 0 Å². The number of hydrogen-bond acceptors (Lipinski definition) is 3. The van der Waals surface area contributed by atoms with Crippen molar-refractivity contribution in [2.45, 2.75) is 38.8 Å². The fraction of sp³-hybridized carbons (Fsp3) is 1.00. The molecule has 3 nitrogen and oxygen atoms in total. The van der Waals surface area contributed by atoms with Crippen LogP contribution in [0, 0.1) is 0 Å². The predicted octanol–water partition coefficient (Wildman–Crippen LogP) is 1.10. The average Bonchev–Trinajstić information content (AvgIpc) is 2.94. The van der Waals surface area contributed by atoms with Crippen molar-refractivity contribution in [3.8, 4) is 0 Å². The SMILES string of the molecule is COCCN(CCNC1CC1)C(C)C. The number of rotatable bonds is 8. The second-order valence-corrected chi connectivity index (χ2v) is 4.35. The minimum absolute atomic E-state index is 0.617. The van der Waals surface area contributed by atoms with E-state index < -0.39 is 0 Å². The summed E-state index contributed by atoms with van der Waals surface area (Å²) in [6.45, 7) is 8.62. The molecule has 0 spiro atoms. The van der Waals surface area contributed by atoms with Crippen molar-refractivity contribution in [1.29, 1.82) is 0 Å². The lowest BCUT2D eigenvalue weighted by Crippen LogP contribution is -2.39. The molecular weight excluding hydrogens is 176 g/mol. The number of nitrogens with one attached hydrogen (secondary N) is 1. The average molecular weight is 200 g/mol. The molecule has 1 aliphatic carbocycles. The van der Waals surface area contributed by atoms with Gasteiger partial charge in [-0.1, -0.05) is 0 Å². The summed E-state index contributed by atoms with van der Waals surface area (Å²) in [5.74, 6) is 0. The van der Waals surface area contributed by atoms with E-state index in [1.807, 2.05) is 0 Å². The van der Waals surface area contributed by atoms with Gasteiger partial charge >= 0.3 is 0 Å². The Morgan fingerprint density at radius 3 is 2.57 bits per heavy atom. The van der Waals surface area contributed by atoms with E-state index in [2.05, 4.69) is 24.1 Å². The van der Waals surface area contributed by atoms with Gasteiger partial charge in [-0.2, -0.15) is 0 Å². The Kier molecular flexibility index (Phi) is 5.45. The molecule has 1 rings (SSSR count). The summed E-state index contributed by atoms with van der Waals surface area (Å²) < 4.78 is 5.10. The lowest BCUT2D eigenvalue weighted by atomic mass is 10.3. The Balaban J connectivity index is 2.06. The Morgan fingerprint density at radius 1 is 1.36 bits per heavy atom. The first-order valence-electron chi connectivity index (χ1n) is 5.70. The molecule has 0 amide bonds. The van der Waals surface area contributed by atoms with Gasteiger partial charge in [0.25, 0.3) is 0 Å². The van der Waals surface area contributed by atoms with Gasteiger partial charge in [-0.15, -0.1) is 0 Å². The normalized spacial score (nSPS) is 16.9. The standard InChI is InChI=1S/C11H24N2O/c1-10(2)13(8-9-14-3)7-6-12-11-4-5-11/h10-12H,4-9H2,1-3H3. The second-order valence-electron chi connectivity index (χ2n) is 4.35. The van der Waals surface area contributed by atoms with Crippen LogP contribution in [0.5, 0.6) is 0 Å². The zero-order valence-electron chi connectivity index (χ0n) is 9.75. The highest BCUT2D eigenvalue weighted by Crippen LogP contribution is 2.18. The van der Waals surface area contributed by atoms with Crippen LogP contribution in [0.3, 0.4) is 0 Å². The van der Waals surface area contributed by atoms with Gasteiger partial charge in [-0.05, 0) is 26.7 Å². The number of ether oxygens (including phenoxy) is 1. The topological polar surface area (TPSA) is 24.5 Å². The second kappa shape index (κ2) is 6.38. The van der Waals surface area contributed by atoms with Gasteiger partial charge in [-0.3, -0.25) is 4.90 Å². The molecule has 0 aromatic rings. The molecule has 0 heterocycles. The maximum Gasteiger partial charge on any atom is 0.0589 e. The van der Waals surface area contributed by atoms with Gasteiger partial charge in [0.05, 0.1) is 6.61 Å². The number of nitrogens with zero attached hydrogens (tertiary/aromatic N) is 1. The van der Waals surface area contributed by atoms with Gasteiger partial charge in [0.2, 0.25) is 0 Å². The summed E-state index contributed by atoms with van der Waals surface area (Å²) in [7, 11) is 1.76. The van der Waals surface area contributed by atoms with E-state index in [0.29, 0.717) is 6.04 Å². The summed E-state index contributed by atoms with van der Waals surface area (Å²) in [5, 5.41) is 3.54. The van der Waals surface area contributed by atoms with E-state index in [4.69, 9.17) is 4.74 Å². The van der Waals surface area contributed by atoms with Gasteiger partial charge in [-0.25, -0.2) is 0 Å². The molecule has 0 aromatic heterocycles. The lowest BCUT2D eigenvalue weighted by molar-refractivity contribution is 0.130. The van der Waals surface area contributed by atoms with Crippen molar-refractivity contribution in [1.82, 2.24) is 10.2 Å². The number of hydrogen-bond donors (Lipinski definition) is 1. The summed E-state index contributed by atoms with van der Waals surface area (Å²) in [5.41, 5.74) is 0. The van der Waals surface area contributed by atoms with E-state index in [0.717, 1.165) is 32.3 Å². The molecule has 14 heavy (non-hydrogen) atoms. The molecule has 0 aromatic carbocycles. The molecule has 0 radical (unpaired) electrons. The quantitative estimate of drug-likeness (QED) is 0.635. The molecule has 0 bridgehead atoms. The Morgan fingerprint density at radius 2 is 2.07 bits per heavy atom. The first-order chi connectivity index (χ1) is 6.74. The maximum atomic E-state index is 5.10. The molecule has 3 heteroatoms. The first-order valence-corrected chi connectivity index (χ1v) is 5.70. The zero-order chi connectivity index (χ0) is 10.4. The molecular formula is C11H24N2O. The largest absolute Gasteiger partial charge is 0.383 e. The third kappa shape index (κ3) is 4.94. The molecule has 0 saturated heterocycles.